The lowest BCUT2D eigenvalue weighted by atomic mass is 10.1. The summed E-state index contributed by atoms with van der Waals surface area (Å²) in [6.07, 6.45) is 1.69. The molecule has 1 saturated heterocycles. The number of hydrogen-bond donors (Lipinski definition) is 3. The van der Waals surface area contributed by atoms with Crippen molar-refractivity contribution in [3.8, 4) is 0 Å². The van der Waals surface area contributed by atoms with Crippen molar-refractivity contribution < 1.29 is 13.2 Å². The molecule has 0 bridgehead atoms. The van der Waals surface area contributed by atoms with Gasteiger partial charge in [-0.1, -0.05) is 19.1 Å². The highest BCUT2D eigenvalue weighted by atomic mass is 32.2. The number of benzene rings is 1. The van der Waals surface area contributed by atoms with E-state index in [2.05, 4.69) is 23.1 Å². The highest BCUT2D eigenvalue weighted by Gasteiger charge is 2.29. The lowest BCUT2D eigenvalue weighted by Gasteiger charge is -2.13. The second-order valence-electron chi connectivity index (χ2n) is 5.65. The molecule has 126 valence electrons. The number of hydrazine groups is 1. The van der Waals surface area contributed by atoms with Gasteiger partial charge in [0.25, 0.3) is 0 Å². The molecule has 1 aromatic carbocycles. The number of anilines is 1. The van der Waals surface area contributed by atoms with Crippen LogP contribution in [-0.4, -0.2) is 30.9 Å². The molecule has 0 aromatic heterocycles. The Balaban J connectivity index is 1.72. The van der Waals surface area contributed by atoms with Gasteiger partial charge in [-0.2, -0.15) is 0 Å². The molecule has 0 radical (unpaired) electrons. The van der Waals surface area contributed by atoms with E-state index in [1.54, 1.807) is 0 Å². The van der Waals surface area contributed by atoms with Crippen molar-refractivity contribution in [3.63, 3.8) is 0 Å². The minimum atomic E-state index is -2.96. The Hall–Kier alpha value is -1.67. The summed E-state index contributed by atoms with van der Waals surface area (Å²) in [6, 6.07) is 7.84. The molecule has 0 aliphatic carbocycles. The second kappa shape index (κ2) is 7.74. The average molecular weight is 355 g/mol. The third-order valence-corrected chi connectivity index (χ3v) is 5.78. The van der Waals surface area contributed by atoms with Gasteiger partial charge in [0, 0.05) is 12.1 Å². The largest absolute Gasteiger partial charge is 0.331 e. The first-order valence-corrected chi connectivity index (χ1v) is 9.76. The highest BCUT2D eigenvalue weighted by Crippen LogP contribution is 2.21. The first-order valence-electron chi connectivity index (χ1n) is 7.53. The zero-order valence-corrected chi connectivity index (χ0v) is 14.6. The molecule has 23 heavy (non-hydrogen) atoms. The van der Waals surface area contributed by atoms with Crippen molar-refractivity contribution in [2.75, 3.05) is 16.8 Å². The normalized spacial score (nSPS) is 19.1. The van der Waals surface area contributed by atoms with E-state index < -0.39 is 9.84 Å². The van der Waals surface area contributed by atoms with Crippen LogP contribution in [0.5, 0.6) is 0 Å². The smallest absolute Gasteiger partial charge is 0.238 e. The lowest BCUT2D eigenvalue weighted by molar-refractivity contribution is -0.122. The van der Waals surface area contributed by atoms with E-state index in [0.29, 0.717) is 6.42 Å². The summed E-state index contributed by atoms with van der Waals surface area (Å²) >= 11 is 5.10. The molecule has 0 unspecified atom stereocenters. The minimum Gasteiger partial charge on any atom is -0.331 e. The van der Waals surface area contributed by atoms with Crippen molar-refractivity contribution >= 4 is 38.8 Å². The number of thiocarbonyl (C=S) groups is 1. The number of aryl methyl sites for hydroxylation is 1. The number of carbonyl (C=O) groups is 1. The fourth-order valence-electron chi connectivity index (χ4n) is 2.46. The fourth-order valence-corrected chi connectivity index (χ4v) is 4.49. The molecule has 1 fully saturated rings. The SMILES string of the molecule is CCc1ccc(NC(=S)NNC(=O)C[C@@H]2CCS(=O)(=O)C2)cc1. The van der Waals surface area contributed by atoms with Crippen LogP contribution >= 0.6 is 12.2 Å². The molecule has 1 aliphatic heterocycles. The number of hydrogen-bond acceptors (Lipinski definition) is 4. The van der Waals surface area contributed by atoms with Crippen molar-refractivity contribution in [3.05, 3.63) is 29.8 Å². The molecule has 0 saturated carbocycles. The van der Waals surface area contributed by atoms with Gasteiger partial charge in [-0.25, -0.2) is 8.42 Å². The van der Waals surface area contributed by atoms with E-state index in [1.165, 1.54) is 5.56 Å². The predicted molar refractivity (Wildman–Crippen MR) is 94.7 cm³/mol. The zero-order chi connectivity index (χ0) is 16.9. The topological polar surface area (TPSA) is 87.3 Å². The van der Waals surface area contributed by atoms with Crippen LogP contribution in [0.3, 0.4) is 0 Å². The van der Waals surface area contributed by atoms with Crippen LogP contribution in [0.15, 0.2) is 24.3 Å². The molecule has 8 heteroatoms. The van der Waals surface area contributed by atoms with Crippen molar-refractivity contribution in [2.24, 2.45) is 5.92 Å². The van der Waals surface area contributed by atoms with Gasteiger partial charge in [0.2, 0.25) is 5.91 Å². The van der Waals surface area contributed by atoms with E-state index >= 15 is 0 Å². The van der Waals surface area contributed by atoms with E-state index in [-0.39, 0.29) is 34.9 Å². The standard InChI is InChI=1S/C15H21N3O3S2/c1-2-11-3-5-13(6-4-11)16-15(22)18-17-14(19)9-12-7-8-23(20,21)10-12/h3-6,12H,2,7-10H2,1H3,(H,17,19)(H2,16,18,22)/t12-/m0/s1. The van der Waals surface area contributed by atoms with Crippen molar-refractivity contribution in [1.82, 2.24) is 10.9 Å². The van der Waals surface area contributed by atoms with Crippen LogP contribution in [-0.2, 0) is 21.1 Å². The predicted octanol–water partition coefficient (Wildman–Crippen LogP) is 1.39. The lowest BCUT2D eigenvalue weighted by Crippen LogP contribution is -2.44. The number of amides is 1. The molecule has 6 nitrogen and oxygen atoms in total. The number of carbonyl (C=O) groups excluding carboxylic acids is 1. The first kappa shape index (κ1) is 17.7. The Kier molecular flexibility index (Phi) is 5.95. The first-order chi connectivity index (χ1) is 10.9. The maximum atomic E-state index is 11.8. The van der Waals surface area contributed by atoms with E-state index in [4.69, 9.17) is 12.2 Å². The molecule has 1 amide bonds. The number of sulfone groups is 1. The summed E-state index contributed by atoms with van der Waals surface area (Å²) in [5, 5.41) is 3.24. The Morgan fingerprint density at radius 1 is 1.26 bits per heavy atom. The highest BCUT2D eigenvalue weighted by molar-refractivity contribution is 7.91. The molecule has 1 aliphatic rings. The van der Waals surface area contributed by atoms with E-state index in [1.807, 2.05) is 24.3 Å². The van der Waals surface area contributed by atoms with E-state index in [0.717, 1.165) is 12.1 Å². The third-order valence-electron chi connectivity index (χ3n) is 3.74. The van der Waals surface area contributed by atoms with Gasteiger partial charge in [0.1, 0.15) is 0 Å². The van der Waals surface area contributed by atoms with Crippen molar-refractivity contribution in [2.45, 2.75) is 26.2 Å². The Labute approximate surface area is 141 Å². The van der Waals surface area contributed by atoms with Gasteiger partial charge in [-0.15, -0.1) is 0 Å². The van der Waals surface area contributed by atoms with Crippen LogP contribution in [0.1, 0.15) is 25.3 Å². The van der Waals surface area contributed by atoms with Gasteiger partial charge in [-0.05, 0) is 48.7 Å². The molecule has 1 atom stereocenters. The Morgan fingerprint density at radius 2 is 1.96 bits per heavy atom. The summed E-state index contributed by atoms with van der Waals surface area (Å²) in [6.45, 7) is 2.08. The Bertz CT molecular complexity index is 672. The van der Waals surface area contributed by atoms with E-state index in [9.17, 15) is 13.2 Å². The average Bonchev–Trinajstić information content (AvgIpc) is 2.85. The fraction of sp³-hybridized carbons (Fsp3) is 0.467. The number of nitrogens with one attached hydrogen (secondary N) is 3. The van der Waals surface area contributed by atoms with Crippen LogP contribution < -0.4 is 16.2 Å². The quantitative estimate of drug-likeness (QED) is 0.559. The van der Waals surface area contributed by atoms with Gasteiger partial charge < -0.3 is 5.32 Å². The second-order valence-corrected chi connectivity index (χ2v) is 8.29. The third kappa shape index (κ3) is 5.80. The molecule has 0 spiro atoms. The van der Waals surface area contributed by atoms with Gasteiger partial charge in [0.15, 0.2) is 14.9 Å². The maximum Gasteiger partial charge on any atom is 0.238 e. The van der Waals surface area contributed by atoms with Crippen LogP contribution in [0.2, 0.25) is 0 Å². The minimum absolute atomic E-state index is 0.0902. The molecule has 1 aromatic rings. The molecule has 2 rings (SSSR count). The van der Waals surface area contributed by atoms with Crippen LogP contribution in [0.25, 0.3) is 0 Å². The summed E-state index contributed by atoms with van der Waals surface area (Å²) in [7, 11) is -2.96. The zero-order valence-electron chi connectivity index (χ0n) is 13.0. The van der Waals surface area contributed by atoms with Crippen LogP contribution in [0, 0.1) is 5.92 Å². The van der Waals surface area contributed by atoms with Gasteiger partial charge in [0.05, 0.1) is 11.5 Å². The van der Waals surface area contributed by atoms with Crippen LogP contribution in [0.4, 0.5) is 5.69 Å². The molecule has 3 N–H and O–H groups in total. The Morgan fingerprint density at radius 3 is 2.52 bits per heavy atom. The van der Waals surface area contributed by atoms with Gasteiger partial charge in [-0.3, -0.25) is 15.6 Å². The monoisotopic (exact) mass is 355 g/mol. The summed E-state index contributed by atoms with van der Waals surface area (Å²) in [5.74, 6) is -0.110. The maximum absolute atomic E-state index is 11.8. The molecular weight excluding hydrogens is 334 g/mol. The van der Waals surface area contributed by atoms with Crippen molar-refractivity contribution in [1.29, 1.82) is 0 Å². The molecule has 1 heterocycles. The summed E-state index contributed by atoms with van der Waals surface area (Å²) in [4.78, 5) is 11.8. The van der Waals surface area contributed by atoms with Gasteiger partial charge >= 0.3 is 0 Å². The summed E-state index contributed by atoms with van der Waals surface area (Å²) in [5.41, 5.74) is 7.18. The molecular formula is C15H21N3O3S2. The summed E-state index contributed by atoms with van der Waals surface area (Å²) < 4.78 is 22.7. The number of rotatable bonds is 4.